The van der Waals surface area contributed by atoms with Crippen LogP contribution in [0, 0.1) is 13.8 Å². The number of nitrogens with zero attached hydrogens (tertiary/aromatic N) is 1. The zero-order chi connectivity index (χ0) is 16.3. The Morgan fingerprint density at radius 2 is 1.86 bits per heavy atom. The Kier molecular flexibility index (Phi) is 5.08. The van der Waals surface area contributed by atoms with Crippen LogP contribution in [0.5, 0.6) is 0 Å². The molecule has 0 unspecified atom stereocenters. The molecule has 2 amide bonds. The zero-order valence-electron chi connectivity index (χ0n) is 13.2. The highest BCUT2D eigenvalue weighted by molar-refractivity contribution is 7.88. The number of urea groups is 1. The van der Waals surface area contributed by atoms with Crippen molar-refractivity contribution in [2.45, 2.75) is 32.7 Å². The topological polar surface area (TPSA) is 78.5 Å². The molecule has 0 atom stereocenters. The summed E-state index contributed by atoms with van der Waals surface area (Å²) in [6.07, 6.45) is 2.48. The van der Waals surface area contributed by atoms with Gasteiger partial charge in [0.15, 0.2) is 0 Å². The van der Waals surface area contributed by atoms with Crippen LogP contribution in [0.15, 0.2) is 18.2 Å². The van der Waals surface area contributed by atoms with Gasteiger partial charge in [0, 0.05) is 24.8 Å². The minimum absolute atomic E-state index is 0.00288. The smallest absolute Gasteiger partial charge is 0.319 e. The number of hydrogen-bond acceptors (Lipinski definition) is 3. The molecule has 2 rings (SSSR count). The number of sulfonamides is 1. The second-order valence-electron chi connectivity index (χ2n) is 5.85. The number of amides is 2. The van der Waals surface area contributed by atoms with Crippen LogP contribution in [0.1, 0.15) is 24.0 Å². The van der Waals surface area contributed by atoms with Crippen LogP contribution in [-0.4, -0.2) is 44.1 Å². The largest absolute Gasteiger partial charge is 0.335 e. The van der Waals surface area contributed by atoms with E-state index in [0.717, 1.165) is 16.8 Å². The Balaban J connectivity index is 1.87. The van der Waals surface area contributed by atoms with Crippen molar-refractivity contribution < 1.29 is 13.2 Å². The van der Waals surface area contributed by atoms with Gasteiger partial charge in [0.2, 0.25) is 10.0 Å². The summed E-state index contributed by atoms with van der Waals surface area (Å²) in [6.45, 7) is 4.82. The summed E-state index contributed by atoms with van der Waals surface area (Å²) in [5, 5.41) is 5.77. The van der Waals surface area contributed by atoms with Crippen LogP contribution < -0.4 is 10.6 Å². The SMILES string of the molecule is Cc1ccc(C)c(NC(=O)NC2CCN(S(C)(=O)=O)CC2)c1. The molecule has 1 aliphatic rings. The van der Waals surface area contributed by atoms with E-state index in [1.165, 1.54) is 10.6 Å². The molecule has 22 heavy (non-hydrogen) atoms. The lowest BCUT2D eigenvalue weighted by Gasteiger charge is -2.30. The van der Waals surface area contributed by atoms with Crippen molar-refractivity contribution in [3.8, 4) is 0 Å². The molecule has 7 heteroatoms. The Hall–Kier alpha value is -1.60. The maximum absolute atomic E-state index is 12.1. The highest BCUT2D eigenvalue weighted by atomic mass is 32.2. The van der Waals surface area contributed by atoms with Crippen molar-refractivity contribution in [2.75, 3.05) is 24.7 Å². The van der Waals surface area contributed by atoms with Crippen molar-refractivity contribution in [3.05, 3.63) is 29.3 Å². The first-order valence-corrected chi connectivity index (χ1v) is 9.20. The minimum Gasteiger partial charge on any atom is -0.335 e. The molecule has 1 fully saturated rings. The number of aryl methyl sites for hydroxylation is 2. The van der Waals surface area contributed by atoms with E-state index in [0.29, 0.717) is 25.9 Å². The fraction of sp³-hybridized carbons (Fsp3) is 0.533. The molecule has 1 aromatic rings. The second kappa shape index (κ2) is 6.66. The van der Waals surface area contributed by atoms with E-state index < -0.39 is 10.0 Å². The first-order chi connectivity index (χ1) is 10.3. The van der Waals surface area contributed by atoms with E-state index in [4.69, 9.17) is 0 Å². The maximum Gasteiger partial charge on any atom is 0.319 e. The lowest BCUT2D eigenvalue weighted by molar-refractivity contribution is 0.238. The molecule has 122 valence electrons. The predicted octanol–water partition coefficient (Wildman–Crippen LogP) is 1.85. The molecule has 6 nitrogen and oxygen atoms in total. The molecule has 1 heterocycles. The first kappa shape index (κ1) is 16.8. The lowest BCUT2D eigenvalue weighted by atomic mass is 10.1. The quantitative estimate of drug-likeness (QED) is 0.890. The van der Waals surface area contributed by atoms with Crippen molar-refractivity contribution >= 4 is 21.7 Å². The van der Waals surface area contributed by atoms with Crippen molar-refractivity contribution in [1.29, 1.82) is 0 Å². The first-order valence-electron chi connectivity index (χ1n) is 7.35. The van der Waals surface area contributed by atoms with E-state index >= 15 is 0 Å². The number of anilines is 1. The molecule has 1 aromatic carbocycles. The number of hydrogen-bond donors (Lipinski definition) is 2. The molecule has 0 aromatic heterocycles. The van der Waals surface area contributed by atoms with Crippen LogP contribution >= 0.6 is 0 Å². The third kappa shape index (κ3) is 4.45. The number of rotatable bonds is 3. The van der Waals surface area contributed by atoms with Crippen LogP contribution in [0.4, 0.5) is 10.5 Å². The molecule has 1 aliphatic heterocycles. The number of carbonyl (C=O) groups excluding carboxylic acids is 1. The number of piperidine rings is 1. The van der Waals surface area contributed by atoms with E-state index in [9.17, 15) is 13.2 Å². The predicted molar refractivity (Wildman–Crippen MR) is 87.5 cm³/mol. The van der Waals surface area contributed by atoms with E-state index in [-0.39, 0.29) is 12.1 Å². The van der Waals surface area contributed by atoms with Gasteiger partial charge < -0.3 is 10.6 Å². The average Bonchev–Trinajstić information content (AvgIpc) is 2.42. The average molecular weight is 325 g/mol. The van der Waals surface area contributed by atoms with Gasteiger partial charge in [-0.25, -0.2) is 17.5 Å². The van der Waals surface area contributed by atoms with E-state index in [1.807, 2.05) is 32.0 Å². The molecule has 0 aliphatic carbocycles. The second-order valence-corrected chi connectivity index (χ2v) is 7.84. The van der Waals surface area contributed by atoms with Crippen molar-refractivity contribution in [3.63, 3.8) is 0 Å². The summed E-state index contributed by atoms with van der Waals surface area (Å²) >= 11 is 0. The summed E-state index contributed by atoms with van der Waals surface area (Å²) in [5.41, 5.74) is 2.89. The summed E-state index contributed by atoms with van der Waals surface area (Å²) in [4.78, 5) is 12.1. The fourth-order valence-corrected chi connectivity index (χ4v) is 3.42. The normalized spacial score (nSPS) is 17.2. The summed E-state index contributed by atoms with van der Waals surface area (Å²) in [6, 6.07) is 5.66. The van der Waals surface area contributed by atoms with Gasteiger partial charge in [-0.2, -0.15) is 0 Å². The number of benzene rings is 1. The molecule has 0 radical (unpaired) electrons. The van der Waals surface area contributed by atoms with Gasteiger partial charge >= 0.3 is 6.03 Å². The summed E-state index contributed by atoms with van der Waals surface area (Å²) in [5.74, 6) is 0. The van der Waals surface area contributed by atoms with Gasteiger partial charge in [0.1, 0.15) is 0 Å². The molecule has 1 saturated heterocycles. The maximum atomic E-state index is 12.1. The Morgan fingerprint density at radius 1 is 1.23 bits per heavy atom. The Labute approximate surface area is 131 Å². The summed E-state index contributed by atoms with van der Waals surface area (Å²) < 4.78 is 24.4. The minimum atomic E-state index is -3.13. The molecule has 0 saturated carbocycles. The monoisotopic (exact) mass is 325 g/mol. The third-order valence-electron chi connectivity index (χ3n) is 3.90. The fourth-order valence-electron chi connectivity index (χ4n) is 2.55. The summed E-state index contributed by atoms with van der Waals surface area (Å²) in [7, 11) is -3.13. The molecular formula is C15H23N3O3S. The van der Waals surface area contributed by atoms with Gasteiger partial charge in [-0.05, 0) is 43.9 Å². The Bertz CT molecular complexity index is 650. The van der Waals surface area contributed by atoms with Gasteiger partial charge in [0.25, 0.3) is 0 Å². The van der Waals surface area contributed by atoms with Gasteiger partial charge in [-0.1, -0.05) is 12.1 Å². The standard InChI is InChI=1S/C15H23N3O3S/c1-11-4-5-12(2)14(10-11)17-15(19)16-13-6-8-18(9-7-13)22(3,20)21/h4-5,10,13H,6-9H2,1-3H3,(H2,16,17,19). The van der Waals surface area contributed by atoms with E-state index in [2.05, 4.69) is 10.6 Å². The van der Waals surface area contributed by atoms with Crippen LogP contribution in [-0.2, 0) is 10.0 Å². The lowest BCUT2D eigenvalue weighted by Crippen LogP contribution is -2.47. The van der Waals surface area contributed by atoms with E-state index in [1.54, 1.807) is 0 Å². The van der Waals surface area contributed by atoms with Gasteiger partial charge in [-0.15, -0.1) is 0 Å². The van der Waals surface area contributed by atoms with Crippen LogP contribution in [0.2, 0.25) is 0 Å². The van der Waals surface area contributed by atoms with Crippen LogP contribution in [0.25, 0.3) is 0 Å². The molecule has 2 N–H and O–H groups in total. The third-order valence-corrected chi connectivity index (χ3v) is 5.20. The molecule has 0 spiro atoms. The highest BCUT2D eigenvalue weighted by Gasteiger charge is 2.25. The Morgan fingerprint density at radius 3 is 2.45 bits per heavy atom. The van der Waals surface area contributed by atoms with Crippen molar-refractivity contribution in [1.82, 2.24) is 9.62 Å². The molecule has 0 bridgehead atoms. The van der Waals surface area contributed by atoms with Crippen LogP contribution in [0.3, 0.4) is 0 Å². The number of nitrogens with one attached hydrogen (secondary N) is 2. The number of carbonyl (C=O) groups is 1. The van der Waals surface area contributed by atoms with Gasteiger partial charge in [0.05, 0.1) is 6.26 Å². The van der Waals surface area contributed by atoms with Crippen molar-refractivity contribution in [2.24, 2.45) is 0 Å². The molecular weight excluding hydrogens is 302 g/mol. The van der Waals surface area contributed by atoms with Gasteiger partial charge in [-0.3, -0.25) is 0 Å². The zero-order valence-corrected chi connectivity index (χ0v) is 14.0. The highest BCUT2D eigenvalue weighted by Crippen LogP contribution is 2.17.